The van der Waals surface area contributed by atoms with E-state index < -0.39 is 15.9 Å². The first kappa shape index (κ1) is 22.4. The molecule has 1 heterocycles. The summed E-state index contributed by atoms with van der Waals surface area (Å²) < 4.78 is 46.2. The summed E-state index contributed by atoms with van der Waals surface area (Å²) in [6.45, 7) is 1.34. The predicted octanol–water partition coefficient (Wildman–Crippen LogP) is 2.88. The zero-order valence-corrected chi connectivity index (χ0v) is 18.5. The maximum absolute atomic E-state index is 13.2. The Labute approximate surface area is 183 Å². The monoisotopic (exact) mass is 494 g/mol. The van der Waals surface area contributed by atoms with Crippen LogP contribution in [0.1, 0.15) is 15.9 Å². The van der Waals surface area contributed by atoms with Gasteiger partial charge in [-0.25, -0.2) is 12.8 Å². The van der Waals surface area contributed by atoms with Crippen molar-refractivity contribution in [1.82, 2.24) is 9.21 Å². The number of terminal acetylenes is 1. The van der Waals surface area contributed by atoms with Gasteiger partial charge >= 0.3 is 0 Å². The van der Waals surface area contributed by atoms with Crippen molar-refractivity contribution in [3.63, 3.8) is 0 Å². The molecule has 9 heteroatoms. The van der Waals surface area contributed by atoms with E-state index in [0.717, 1.165) is 0 Å². The van der Waals surface area contributed by atoms with Crippen LogP contribution in [0.5, 0.6) is 0 Å². The predicted molar refractivity (Wildman–Crippen MR) is 114 cm³/mol. The zero-order chi connectivity index (χ0) is 21.7. The fourth-order valence-corrected chi connectivity index (χ4v) is 5.42. The van der Waals surface area contributed by atoms with Gasteiger partial charge in [0.05, 0.1) is 24.7 Å². The number of carbonyl (C=O) groups excluding carboxylic acids is 1. The summed E-state index contributed by atoms with van der Waals surface area (Å²) in [6.07, 6.45) is 5.42. The van der Waals surface area contributed by atoms with E-state index in [0.29, 0.717) is 23.2 Å². The molecule has 0 saturated carbocycles. The minimum atomic E-state index is -3.80. The van der Waals surface area contributed by atoms with Gasteiger partial charge in [0.2, 0.25) is 10.0 Å². The number of rotatable bonds is 6. The molecule has 0 atom stereocenters. The molecule has 0 radical (unpaired) electrons. The third-order valence-electron chi connectivity index (χ3n) is 4.62. The molecule has 1 saturated heterocycles. The molecule has 1 aliphatic rings. The molecule has 6 nitrogen and oxygen atoms in total. The fourth-order valence-electron chi connectivity index (χ4n) is 3.06. The van der Waals surface area contributed by atoms with Gasteiger partial charge in [-0.3, -0.25) is 4.79 Å². The van der Waals surface area contributed by atoms with Crippen molar-refractivity contribution in [3.05, 3.63) is 63.9 Å². The van der Waals surface area contributed by atoms with Crippen LogP contribution in [0.3, 0.4) is 0 Å². The minimum absolute atomic E-state index is 0.0117. The van der Waals surface area contributed by atoms with Gasteiger partial charge in [-0.15, -0.1) is 6.42 Å². The van der Waals surface area contributed by atoms with Gasteiger partial charge < -0.3 is 9.64 Å². The van der Waals surface area contributed by atoms with E-state index in [1.54, 1.807) is 18.2 Å². The van der Waals surface area contributed by atoms with Crippen LogP contribution in [0.2, 0.25) is 0 Å². The Morgan fingerprint density at radius 3 is 2.50 bits per heavy atom. The van der Waals surface area contributed by atoms with Crippen molar-refractivity contribution in [3.8, 4) is 12.3 Å². The van der Waals surface area contributed by atoms with Crippen molar-refractivity contribution in [1.29, 1.82) is 0 Å². The summed E-state index contributed by atoms with van der Waals surface area (Å²) in [4.78, 5) is 14.5. The molecular weight excluding hydrogens is 475 g/mol. The summed E-state index contributed by atoms with van der Waals surface area (Å²) in [7, 11) is -3.80. The average molecular weight is 495 g/mol. The molecule has 1 amide bonds. The molecule has 1 fully saturated rings. The number of carbonyl (C=O) groups is 1. The lowest BCUT2D eigenvalue weighted by atomic mass is 10.1. The largest absolute Gasteiger partial charge is 0.379 e. The quantitative estimate of drug-likeness (QED) is 0.579. The smallest absolute Gasteiger partial charge is 0.254 e. The van der Waals surface area contributed by atoms with Crippen molar-refractivity contribution >= 4 is 31.9 Å². The number of amides is 1. The zero-order valence-electron chi connectivity index (χ0n) is 16.1. The highest BCUT2D eigenvalue weighted by Gasteiger charge is 2.29. The number of nitrogens with zero attached hydrogens (tertiary/aromatic N) is 2. The van der Waals surface area contributed by atoms with E-state index in [1.807, 2.05) is 0 Å². The van der Waals surface area contributed by atoms with Crippen molar-refractivity contribution in [2.24, 2.45) is 0 Å². The lowest BCUT2D eigenvalue weighted by Crippen LogP contribution is -2.40. The fraction of sp³-hybridized carbons (Fsp3) is 0.286. The summed E-state index contributed by atoms with van der Waals surface area (Å²) in [5.41, 5.74) is 0.903. The number of halogens is 2. The maximum atomic E-state index is 13.2. The molecule has 1 aliphatic heterocycles. The summed E-state index contributed by atoms with van der Waals surface area (Å²) in [5.74, 6) is 1.65. The van der Waals surface area contributed by atoms with Gasteiger partial charge in [0.15, 0.2) is 0 Å². The van der Waals surface area contributed by atoms with Crippen LogP contribution < -0.4 is 0 Å². The van der Waals surface area contributed by atoms with Gasteiger partial charge in [-0.05, 0) is 51.8 Å². The Morgan fingerprint density at radius 1 is 1.20 bits per heavy atom. The normalized spacial score (nSPS) is 14.8. The van der Waals surface area contributed by atoms with E-state index in [2.05, 4.69) is 21.9 Å². The molecule has 2 aromatic rings. The molecule has 2 aromatic carbocycles. The summed E-state index contributed by atoms with van der Waals surface area (Å²) in [6, 6.07) is 10.2. The second-order valence-corrected chi connectivity index (χ2v) is 9.41. The maximum Gasteiger partial charge on any atom is 0.254 e. The average Bonchev–Trinajstić information content (AvgIpc) is 2.75. The van der Waals surface area contributed by atoms with Crippen LogP contribution >= 0.6 is 15.9 Å². The third-order valence-corrected chi connectivity index (χ3v) is 7.51. The topological polar surface area (TPSA) is 66.9 Å². The van der Waals surface area contributed by atoms with Gasteiger partial charge in [-0.1, -0.05) is 18.1 Å². The van der Waals surface area contributed by atoms with E-state index in [-0.39, 0.29) is 42.5 Å². The second-order valence-electron chi connectivity index (χ2n) is 6.65. The van der Waals surface area contributed by atoms with Crippen molar-refractivity contribution in [2.75, 3.05) is 32.8 Å². The number of hydrogen-bond acceptors (Lipinski definition) is 4. The Kier molecular flexibility index (Phi) is 7.26. The highest BCUT2D eigenvalue weighted by Crippen LogP contribution is 2.27. The van der Waals surface area contributed by atoms with E-state index in [9.17, 15) is 17.6 Å². The first-order chi connectivity index (χ1) is 14.3. The van der Waals surface area contributed by atoms with Gasteiger partial charge in [0, 0.05) is 29.7 Å². The molecule has 0 unspecified atom stereocenters. The van der Waals surface area contributed by atoms with Crippen molar-refractivity contribution in [2.45, 2.75) is 11.4 Å². The molecule has 0 aliphatic carbocycles. The van der Waals surface area contributed by atoms with E-state index in [4.69, 9.17) is 11.2 Å². The Morgan fingerprint density at radius 2 is 1.87 bits per heavy atom. The van der Waals surface area contributed by atoms with Crippen LogP contribution in [-0.4, -0.2) is 56.4 Å². The molecule has 0 spiro atoms. The molecule has 0 bridgehead atoms. The third kappa shape index (κ3) is 5.08. The highest BCUT2D eigenvalue weighted by molar-refractivity contribution is 9.10. The lowest BCUT2D eigenvalue weighted by Gasteiger charge is -2.27. The number of benzene rings is 2. The molecule has 0 N–H and O–H groups in total. The van der Waals surface area contributed by atoms with Crippen molar-refractivity contribution < 1.29 is 22.3 Å². The Balaban J connectivity index is 1.89. The number of ether oxygens (including phenoxy) is 1. The van der Waals surface area contributed by atoms with Crippen LogP contribution in [0.15, 0.2) is 51.8 Å². The molecule has 3 rings (SSSR count). The standard InChI is InChI=1S/C21H20BrFN2O4S/c1-2-9-24(15-16-3-6-18(23)7-4-16)21(26)17-5-8-19(22)20(14-17)30(27,28)25-10-12-29-13-11-25/h1,3-8,14H,9-13,15H2. The number of hydrogen-bond donors (Lipinski definition) is 0. The molecule has 158 valence electrons. The van der Waals surface area contributed by atoms with Gasteiger partial charge in [0.1, 0.15) is 5.82 Å². The van der Waals surface area contributed by atoms with Crippen LogP contribution in [0.4, 0.5) is 4.39 Å². The van der Waals surface area contributed by atoms with Gasteiger partial charge in [0.25, 0.3) is 5.91 Å². The summed E-state index contributed by atoms with van der Waals surface area (Å²) >= 11 is 3.28. The first-order valence-corrected chi connectivity index (χ1v) is 11.4. The van der Waals surface area contributed by atoms with Gasteiger partial charge in [-0.2, -0.15) is 4.31 Å². The van der Waals surface area contributed by atoms with Crippen LogP contribution in [-0.2, 0) is 21.3 Å². The number of sulfonamides is 1. The second kappa shape index (κ2) is 9.71. The Hall–Kier alpha value is -2.25. The molecular formula is C21H20BrFN2O4S. The first-order valence-electron chi connectivity index (χ1n) is 9.17. The Bertz CT molecular complexity index is 1060. The highest BCUT2D eigenvalue weighted by atomic mass is 79.9. The molecule has 0 aromatic heterocycles. The van der Waals surface area contributed by atoms with Crippen LogP contribution in [0.25, 0.3) is 0 Å². The summed E-state index contributed by atoms with van der Waals surface area (Å²) in [5, 5.41) is 0. The molecule has 30 heavy (non-hydrogen) atoms. The lowest BCUT2D eigenvalue weighted by molar-refractivity contribution is 0.0729. The number of morpholine rings is 1. The van der Waals surface area contributed by atoms with Crippen LogP contribution in [0, 0.1) is 18.2 Å². The minimum Gasteiger partial charge on any atom is -0.379 e. The SMILES string of the molecule is C#CCN(Cc1ccc(F)cc1)C(=O)c1ccc(Br)c(S(=O)(=O)N2CCOCC2)c1. The van der Waals surface area contributed by atoms with E-state index >= 15 is 0 Å². The van der Waals surface area contributed by atoms with E-state index in [1.165, 1.54) is 33.5 Å².